The summed E-state index contributed by atoms with van der Waals surface area (Å²) in [5.41, 5.74) is 2.07. The summed E-state index contributed by atoms with van der Waals surface area (Å²) in [6.45, 7) is 5.91. The van der Waals surface area contributed by atoms with Gasteiger partial charge in [-0.2, -0.15) is 0 Å². The molecule has 1 amide bonds. The molecule has 0 aliphatic carbocycles. The molecule has 30 heavy (non-hydrogen) atoms. The maximum absolute atomic E-state index is 12.3. The van der Waals surface area contributed by atoms with E-state index in [4.69, 9.17) is 4.74 Å². The first-order chi connectivity index (χ1) is 14.3. The predicted octanol–water partition coefficient (Wildman–Crippen LogP) is 3.84. The number of carbonyl (C=O) groups is 1. The Morgan fingerprint density at radius 2 is 1.57 bits per heavy atom. The Kier molecular flexibility index (Phi) is 7.20. The van der Waals surface area contributed by atoms with E-state index in [0.29, 0.717) is 17.1 Å². The summed E-state index contributed by atoms with van der Waals surface area (Å²) < 4.78 is 32.6. The van der Waals surface area contributed by atoms with Crippen molar-refractivity contribution in [3.05, 3.63) is 48.5 Å². The van der Waals surface area contributed by atoms with E-state index in [1.165, 1.54) is 19.3 Å². The maximum Gasteiger partial charge on any atom is 0.241 e. The number of carbonyl (C=O) groups excluding carboxylic acids is 1. The number of rotatable bonds is 8. The zero-order chi connectivity index (χ0) is 21.6. The van der Waals surface area contributed by atoms with Crippen molar-refractivity contribution in [2.75, 3.05) is 33.8 Å². The molecule has 0 bridgehead atoms. The van der Waals surface area contributed by atoms with Crippen molar-refractivity contribution in [2.45, 2.75) is 39.2 Å². The molecule has 0 saturated carbocycles. The molecule has 1 fully saturated rings. The van der Waals surface area contributed by atoms with E-state index in [9.17, 15) is 13.2 Å². The molecule has 8 heteroatoms. The van der Waals surface area contributed by atoms with Gasteiger partial charge < -0.3 is 15.0 Å². The van der Waals surface area contributed by atoms with Crippen LogP contribution in [0.25, 0.3) is 0 Å². The molecule has 0 atom stereocenters. The van der Waals surface area contributed by atoms with Crippen molar-refractivity contribution in [3.63, 3.8) is 0 Å². The number of benzene rings is 2. The molecule has 1 saturated heterocycles. The maximum atomic E-state index is 12.3. The quantitative estimate of drug-likeness (QED) is 0.663. The van der Waals surface area contributed by atoms with E-state index >= 15 is 0 Å². The van der Waals surface area contributed by atoms with Gasteiger partial charge in [-0.1, -0.05) is 0 Å². The normalized spacial score (nSPS) is 14.4. The summed E-state index contributed by atoms with van der Waals surface area (Å²) >= 11 is 0. The van der Waals surface area contributed by atoms with E-state index in [2.05, 4.69) is 14.9 Å². The number of ether oxygens (including phenoxy) is 1. The van der Waals surface area contributed by atoms with Gasteiger partial charge in [-0.05, 0) is 81.6 Å². The third kappa shape index (κ3) is 6.66. The van der Waals surface area contributed by atoms with Gasteiger partial charge in [-0.15, -0.1) is 0 Å². The van der Waals surface area contributed by atoms with Gasteiger partial charge in [-0.25, -0.2) is 8.42 Å². The highest BCUT2D eigenvalue weighted by molar-refractivity contribution is 7.93. The van der Waals surface area contributed by atoms with Gasteiger partial charge in [0.05, 0.1) is 6.10 Å². The average molecular weight is 432 g/mol. The number of amides is 1. The Balaban J connectivity index is 1.53. The molecule has 1 aliphatic heterocycles. The minimum absolute atomic E-state index is 0.0326. The van der Waals surface area contributed by atoms with Crippen LogP contribution < -0.4 is 19.7 Å². The first-order valence-corrected chi connectivity index (χ1v) is 11.9. The molecule has 3 rings (SSSR count). The SMILES string of the molecule is CC(C)Oc1ccc(NS(=O)(=O)CC(=O)Nc2ccc(N3CCCCC3)cc2)cc1. The van der Waals surface area contributed by atoms with Crippen LogP contribution in [0.2, 0.25) is 0 Å². The standard InChI is InChI=1S/C22H29N3O4S/c1-17(2)29-21-12-8-19(9-13-21)24-30(27,28)16-22(26)23-18-6-10-20(11-7-18)25-14-4-3-5-15-25/h6-13,17,24H,3-5,14-16H2,1-2H3,(H,23,26). The summed E-state index contributed by atoms with van der Waals surface area (Å²) in [6.07, 6.45) is 3.68. The lowest BCUT2D eigenvalue weighted by Gasteiger charge is -2.28. The third-order valence-electron chi connectivity index (χ3n) is 4.69. The Hall–Kier alpha value is -2.74. The Morgan fingerprint density at radius 3 is 2.17 bits per heavy atom. The zero-order valence-corrected chi connectivity index (χ0v) is 18.2. The van der Waals surface area contributed by atoms with Crippen LogP contribution in [0.5, 0.6) is 5.75 Å². The second-order valence-corrected chi connectivity index (χ2v) is 9.42. The molecule has 1 aliphatic rings. The minimum atomic E-state index is -3.83. The summed E-state index contributed by atoms with van der Waals surface area (Å²) in [5, 5.41) is 2.65. The summed E-state index contributed by atoms with van der Waals surface area (Å²) in [6, 6.07) is 14.1. The Bertz CT molecular complexity index is 935. The number of anilines is 3. The van der Waals surface area contributed by atoms with Gasteiger partial charge in [-0.3, -0.25) is 9.52 Å². The fraction of sp³-hybridized carbons (Fsp3) is 0.409. The first kappa shape index (κ1) is 22.0. The van der Waals surface area contributed by atoms with Crippen molar-refractivity contribution >= 4 is 33.0 Å². The van der Waals surface area contributed by atoms with E-state index in [0.717, 1.165) is 18.8 Å². The fourth-order valence-corrected chi connectivity index (χ4v) is 4.35. The van der Waals surface area contributed by atoms with Gasteiger partial charge in [0.15, 0.2) is 0 Å². The zero-order valence-electron chi connectivity index (χ0n) is 17.4. The van der Waals surface area contributed by atoms with Crippen LogP contribution in [0, 0.1) is 0 Å². The van der Waals surface area contributed by atoms with Crippen LogP contribution in [0.3, 0.4) is 0 Å². The van der Waals surface area contributed by atoms with E-state index in [1.807, 2.05) is 26.0 Å². The molecular formula is C22H29N3O4S. The highest BCUT2D eigenvalue weighted by atomic mass is 32.2. The topological polar surface area (TPSA) is 87.7 Å². The Labute approximate surface area is 178 Å². The molecule has 7 nitrogen and oxygen atoms in total. The lowest BCUT2D eigenvalue weighted by Crippen LogP contribution is -2.29. The molecule has 1 heterocycles. The molecule has 0 radical (unpaired) electrons. The van der Waals surface area contributed by atoms with Crippen molar-refractivity contribution in [2.24, 2.45) is 0 Å². The summed E-state index contributed by atoms with van der Waals surface area (Å²) in [5.74, 6) is -0.600. The van der Waals surface area contributed by atoms with Crippen LogP contribution in [-0.2, 0) is 14.8 Å². The van der Waals surface area contributed by atoms with Crippen LogP contribution >= 0.6 is 0 Å². The first-order valence-electron chi connectivity index (χ1n) is 10.2. The molecule has 0 spiro atoms. The number of sulfonamides is 1. The van der Waals surface area contributed by atoms with Gasteiger partial charge in [0.1, 0.15) is 11.5 Å². The lowest BCUT2D eigenvalue weighted by molar-refractivity contribution is -0.113. The van der Waals surface area contributed by atoms with Crippen LogP contribution in [0.1, 0.15) is 33.1 Å². The predicted molar refractivity (Wildman–Crippen MR) is 121 cm³/mol. The number of hydrogen-bond donors (Lipinski definition) is 2. The van der Waals surface area contributed by atoms with Gasteiger partial charge in [0.2, 0.25) is 15.9 Å². The molecule has 162 valence electrons. The number of nitrogens with zero attached hydrogens (tertiary/aromatic N) is 1. The largest absolute Gasteiger partial charge is 0.491 e. The molecule has 0 unspecified atom stereocenters. The highest BCUT2D eigenvalue weighted by Crippen LogP contribution is 2.22. The lowest BCUT2D eigenvalue weighted by atomic mass is 10.1. The van der Waals surface area contributed by atoms with Crippen molar-refractivity contribution in [1.29, 1.82) is 0 Å². The second kappa shape index (κ2) is 9.84. The van der Waals surface area contributed by atoms with Crippen LogP contribution in [0.4, 0.5) is 17.1 Å². The van der Waals surface area contributed by atoms with E-state index < -0.39 is 21.7 Å². The summed E-state index contributed by atoms with van der Waals surface area (Å²) in [4.78, 5) is 14.5. The van der Waals surface area contributed by atoms with Crippen LogP contribution in [-0.4, -0.2) is 39.3 Å². The minimum Gasteiger partial charge on any atom is -0.491 e. The molecular weight excluding hydrogens is 402 g/mol. The van der Waals surface area contributed by atoms with Crippen molar-refractivity contribution < 1.29 is 17.9 Å². The van der Waals surface area contributed by atoms with E-state index in [-0.39, 0.29) is 6.10 Å². The van der Waals surface area contributed by atoms with Crippen molar-refractivity contribution in [1.82, 2.24) is 0 Å². The summed E-state index contributed by atoms with van der Waals surface area (Å²) in [7, 11) is -3.83. The molecule has 2 N–H and O–H groups in total. The average Bonchev–Trinajstić information content (AvgIpc) is 2.69. The molecule has 0 aromatic heterocycles. The van der Waals surface area contributed by atoms with Crippen LogP contribution in [0.15, 0.2) is 48.5 Å². The van der Waals surface area contributed by atoms with E-state index in [1.54, 1.807) is 36.4 Å². The van der Waals surface area contributed by atoms with Gasteiger partial charge in [0.25, 0.3) is 0 Å². The third-order valence-corrected chi connectivity index (χ3v) is 5.88. The number of piperidine rings is 1. The van der Waals surface area contributed by atoms with Gasteiger partial charge in [0, 0.05) is 30.2 Å². The fourth-order valence-electron chi connectivity index (χ4n) is 3.37. The molecule has 2 aromatic carbocycles. The highest BCUT2D eigenvalue weighted by Gasteiger charge is 2.17. The van der Waals surface area contributed by atoms with Crippen molar-refractivity contribution in [3.8, 4) is 5.75 Å². The Morgan fingerprint density at radius 1 is 0.967 bits per heavy atom. The number of nitrogens with one attached hydrogen (secondary N) is 2. The second-order valence-electron chi connectivity index (χ2n) is 7.69. The smallest absolute Gasteiger partial charge is 0.241 e. The molecule has 2 aromatic rings. The van der Waals surface area contributed by atoms with Gasteiger partial charge >= 0.3 is 0 Å². The number of hydrogen-bond acceptors (Lipinski definition) is 5. The monoisotopic (exact) mass is 431 g/mol.